The Bertz CT molecular complexity index is 1970. The number of hydrogen-bond donors (Lipinski definition) is 2. The van der Waals surface area contributed by atoms with Crippen LogP contribution in [0.4, 0.5) is 23.5 Å². The Morgan fingerprint density at radius 2 is 1.00 bits per heavy atom. The van der Waals surface area contributed by atoms with Crippen molar-refractivity contribution in [3.8, 4) is 0 Å². The summed E-state index contributed by atoms with van der Waals surface area (Å²) in [6.45, 7) is 5.76. The molecule has 8 rings (SSSR count). The smallest absolute Gasteiger partial charge is 0.227 e. The summed E-state index contributed by atoms with van der Waals surface area (Å²) in [5.74, 6) is 3.53. The number of aromatic nitrogens is 4. The maximum absolute atomic E-state index is 5.97. The first kappa shape index (κ1) is 33.5. The van der Waals surface area contributed by atoms with E-state index in [4.69, 9.17) is 31.5 Å². The van der Waals surface area contributed by atoms with Crippen LogP contribution in [0.2, 0.25) is 5.02 Å². The van der Waals surface area contributed by atoms with Crippen molar-refractivity contribution in [1.29, 1.82) is 0 Å². The van der Waals surface area contributed by atoms with E-state index in [1.54, 1.807) is 0 Å². The molecule has 0 unspecified atom stereocenters. The standard InChI is InChI=1S/C21H24N4.C20H21ClN4/c1-3-9-17(10-4-1)13-14-22-20-18-11-5-6-12-19(18)23-21(24-20)25-15-7-2-8-16-25;21-16-10-8-15(9-11-16)14-22-19-17-6-2-3-7-18(17)23-20(24-19)25-12-4-1-5-13-25/h1,3-6,9-12H,2,7-8,13-16H2,(H,22,23,24);2-3,6-11H,1,4-5,12-14H2,(H,22,23,24). The molecule has 9 heteroatoms. The van der Waals surface area contributed by atoms with Crippen molar-refractivity contribution in [2.75, 3.05) is 53.2 Å². The Labute approximate surface area is 300 Å². The Kier molecular flexibility index (Phi) is 11.2. The number of anilines is 4. The van der Waals surface area contributed by atoms with Crippen LogP contribution >= 0.6 is 11.6 Å². The number of piperidine rings is 2. The third kappa shape index (κ3) is 8.61. The molecular weight excluding hydrogens is 640 g/mol. The van der Waals surface area contributed by atoms with E-state index in [-0.39, 0.29) is 0 Å². The second kappa shape index (κ2) is 16.6. The van der Waals surface area contributed by atoms with Crippen LogP contribution in [0, 0.1) is 0 Å². The summed E-state index contributed by atoms with van der Waals surface area (Å²) >= 11 is 5.97. The van der Waals surface area contributed by atoms with Crippen LogP contribution < -0.4 is 20.4 Å². The molecule has 6 aromatic rings. The van der Waals surface area contributed by atoms with Gasteiger partial charge in [-0.3, -0.25) is 0 Å². The minimum absolute atomic E-state index is 0.706. The second-order valence-electron chi connectivity index (χ2n) is 13.0. The summed E-state index contributed by atoms with van der Waals surface area (Å²) in [6.07, 6.45) is 8.48. The van der Waals surface area contributed by atoms with E-state index in [1.165, 1.54) is 49.7 Å². The van der Waals surface area contributed by atoms with Gasteiger partial charge in [0.05, 0.1) is 11.0 Å². The molecule has 2 N–H and O–H groups in total. The molecule has 2 aliphatic rings. The van der Waals surface area contributed by atoms with Crippen molar-refractivity contribution in [3.63, 3.8) is 0 Å². The summed E-state index contributed by atoms with van der Waals surface area (Å²) in [6, 6.07) is 34.9. The van der Waals surface area contributed by atoms with Gasteiger partial charge in [0.15, 0.2) is 0 Å². The molecule has 0 spiro atoms. The van der Waals surface area contributed by atoms with E-state index in [2.05, 4.69) is 81.1 Å². The first-order valence-corrected chi connectivity index (χ1v) is 18.4. The third-order valence-electron chi connectivity index (χ3n) is 9.38. The highest BCUT2D eigenvalue weighted by atomic mass is 35.5. The summed E-state index contributed by atoms with van der Waals surface area (Å²) in [5, 5.41) is 9.92. The Morgan fingerprint density at radius 1 is 0.500 bits per heavy atom. The molecule has 4 heterocycles. The number of halogens is 1. The van der Waals surface area contributed by atoms with Crippen LogP contribution in [0.1, 0.15) is 49.7 Å². The number of nitrogens with one attached hydrogen (secondary N) is 2. The molecule has 50 heavy (non-hydrogen) atoms. The first-order valence-electron chi connectivity index (χ1n) is 18.0. The van der Waals surface area contributed by atoms with Gasteiger partial charge in [-0.05, 0) is 92.5 Å². The van der Waals surface area contributed by atoms with Crippen LogP contribution in [0.5, 0.6) is 0 Å². The van der Waals surface area contributed by atoms with Crippen LogP contribution in [-0.2, 0) is 13.0 Å². The van der Waals surface area contributed by atoms with Gasteiger partial charge in [-0.25, -0.2) is 9.97 Å². The molecule has 0 aliphatic carbocycles. The monoisotopic (exact) mass is 684 g/mol. The highest BCUT2D eigenvalue weighted by Crippen LogP contribution is 2.27. The van der Waals surface area contributed by atoms with Crippen molar-refractivity contribution in [1.82, 2.24) is 19.9 Å². The quantitative estimate of drug-likeness (QED) is 0.156. The fourth-order valence-corrected chi connectivity index (χ4v) is 6.75. The molecule has 0 bridgehead atoms. The topological polar surface area (TPSA) is 82.1 Å². The van der Waals surface area contributed by atoms with Gasteiger partial charge in [-0.15, -0.1) is 0 Å². The molecule has 8 nitrogen and oxygen atoms in total. The van der Waals surface area contributed by atoms with E-state index in [1.807, 2.05) is 42.5 Å². The fraction of sp³-hybridized carbons (Fsp3) is 0.317. The Hall–Kier alpha value is -4.95. The average molecular weight is 685 g/mol. The van der Waals surface area contributed by atoms with E-state index >= 15 is 0 Å². The first-order chi connectivity index (χ1) is 24.7. The van der Waals surface area contributed by atoms with Gasteiger partial charge >= 0.3 is 0 Å². The zero-order chi connectivity index (χ0) is 34.0. The van der Waals surface area contributed by atoms with Gasteiger partial charge in [0.2, 0.25) is 11.9 Å². The SMILES string of the molecule is Clc1ccc(CNc2nc(N3CCCCC3)nc3ccccc23)cc1.c1ccc(CCNc2nc(N3CCCCC3)nc3ccccc23)cc1. The number of nitrogens with zero attached hydrogens (tertiary/aromatic N) is 6. The van der Waals surface area contributed by atoms with Crippen LogP contribution in [0.3, 0.4) is 0 Å². The normalized spacial score (nSPS) is 14.7. The third-order valence-corrected chi connectivity index (χ3v) is 9.63. The zero-order valence-electron chi connectivity index (χ0n) is 28.6. The molecular formula is C41H45ClN8. The maximum Gasteiger partial charge on any atom is 0.227 e. The maximum atomic E-state index is 5.97. The van der Waals surface area contributed by atoms with Crippen LogP contribution in [0.15, 0.2) is 103 Å². The van der Waals surface area contributed by atoms with E-state index in [0.717, 1.165) is 89.5 Å². The molecule has 2 saturated heterocycles. The number of hydrogen-bond acceptors (Lipinski definition) is 8. The summed E-state index contributed by atoms with van der Waals surface area (Å²) in [5.41, 5.74) is 4.51. The fourth-order valence-electron chi connectivity index (χ4n) is 6.63. The van der Waals surface area contributed by atoms with E-state index < -0.39 is 0 Å². The van der Waals surface area contributed by atoms with Gasteiger partial charge in [0.25, 0.3) is 0 Å². The zero-order valence-corrected chi connectivity index (χ0v) is 29.3. The van der Waals surface area contributed by atoms with E-state index in [0.29, 0.717) is 6.54 Å². The second-order valence-corrected chi connectivity index (χ2v) is 13.5. The summed E-state index contributed by atoms with van der Waals surface area (Å²) in [4.78, 5) is 23.9. The molecule has 0 radical (unpaired) electrons. The largest absolute Gasteiger partial charge is 0.369 e. The lowest BCUT2D eigenvalue weighted by molar-refractivity contribution is 0.569. The lowest BCUT2D eigenvalue weighted by Gasteiger charge is -2.27. The summed E-state index contributed by atoms with van der Waals surface area (Å²) < 4.78 is 0. The van der Waals surface area contributed by atoms with E-state index in [9.17, 15) is 0 Å². The highest BCUT2D eigenvalue weighted by Gasteiger charge is 2.17. The van der Waals surface area contributed by atoms with Crippen molar-refractivity contribution in [2.45, 2.75) is 51.5 Å². The highest BCUT2D eigenvalue weighted by molar-refractivity contribution is 6.30. The van der Waals surface area contributed by atoms with Crippen molar-refractivity contribution < 1.29 is 0 Å². The van der Waals surface area contributed by atoms with Gasteiger partial charge in [0, 0.05) is 55.1 Å². The molecule has 0 saturated carbocycles. The van der Waals surface area contributed by atoms with Crippen molar-refractivity contribution >= 4 is 56.9 Å². The number of para-hydroxylation sites is 2. The van der Waals surface area contributed by atoms with Crippen molar-refractivity contribution in [3.05, 3.63) is 119 Å². The lowest BCUT2D eigenvalue weighted by Crippen LogP contribution is -2.31. The average Bonchev–Trinajstić information content (AvgIpc) is 3.19. The minimum atomic E-state index is 0.706. The molecule has 256 valence electrons. The number of fused-ring (bicyclic) bond motifs is 2. The predicted molar refractivity (Wildman–Crippen MR) is 209 cm³/mol. The molecule has 0 atom stereocenters. The molecule has 2 fully saturated rings. The Morgan fingerprint density at radius 3 is 1.56 bits per heavy atom. The summed E-state index contributed by atoms with van der Waals surface area (Å²) in [7, 11) is 0. The lowest BCUT2D eigenvalue weighted by atomic mass is 10.1. The predicted octanol–water partition coefficient (Wildman–Crippen LogP) is 9.16. The van der Waals surface area contributed by atoms with Gasteiger partial charge < -0.3 is 20.4 Å². The minimum Gasteiger partial charge on any atom is -0.369 e. The van der Waals surface area contributed by atoms with Crippen LogP contribution in [0.25, 0.3) is 21.8 Å². The molecule has 0 amide bonds. The number of rotatable bonds is 9. The van der Waals surface area contributed by atoms with Crippen LogP contribution in [-0.4, -0.2) is 52.7 Å². The Balaban J connectivity index is 0.000000157. The number of benzene rings is 4. The molecule has 2 aromatic heterocycles. The van der Waals surface area contributed by atoms with Gasteiger partial charge in [-0.2, -0.15) is 9.97 Å². The van der Waals surface area contributed by atoms with Gasteiger partial charge in [0.1, 0.15) is 11.6 Å². The van der Waals surface area contributed by atoms with Crippen molar-refractivity contribution in [2.24, 2.45) is 0 Å². The molecule has 4 aromatic carbocycles. The van der Waals surface area contributed by atoms with Gasteiger partial charge in [-0.1, -0.05) is 78.3 Å². The molecule has 2 aliphatic heterocycles.